The number of ketones is 1. The van der Waals surface area contributed by atoms with Crippen LogP contribution in [0.2, 0.25) is 0 Å². The van der Waals surface area contributed by atoms with Gasteiger partial charge in [-0.3, -0.25) is 19.3 Å². The van der Waals surface area contributed by atoms with Gasteiger partial charge in [0.1, 0.15) is 5.78 Å². The van der Waals surface area contributed by atoms with Crippen LogP contribution in [0.15, 0.2) is 24.3 Å². The Bertz CT molecular complexity index is 635. The highest BCUT2D eigenvalue weighted by Gasteiger charge is 2.42. The third-order valence-electron chi connectivity index (χ3n) is 5.24. The standard InChI is InChI=1S/C22H31NO3/c1-4-6-7-9-18(8-5-2)20-15-21(25)23(22(20)26)19-12-10-17(11-13-19)14-16(3)24/h10-13,18,20H,4-9,14-15H2,1-3H3. The maximum Gasteiger partial charge on any atom is 0.237 e. The molecule has 2 rings (SSSR count). The van der Waals surface area contributed by atoms with Crippen molar-refractivity contribution < 1.29 is 14.4 Å². The van der Waals surface area contributed by atoms with E-state index in [1.807, 2.05) is 12.1 Å². The Morgan fingerprint density at radius 1 is 1.08 bits per heavy atom. The van der Waals surface area contributed by atoms with Gasteiger partial charge in [-0.15, -0.1) is 0 Å². The monoisotopic (exact) mass is 357 g/mol. The number of Topliss-reactive ketones (excluding diaryl/α,β-unsaturated/α-hetero) is 1. The van der Waals surface area contributed by atoms with Crippen molar-refractivity contribution in [1.82, 2.24) is 0 Å². The lowest BCUT2D eigenvalue weighted by atomic mass is 9.83. The largest absolute Gasteiger partial charge is 0.300 e. The van der Waals surface area contributed by atoms with Gasteiger partial charge in [-0.1, -0.05) is 51.7 Å². The highest BCUT2D eigenvalue weighted by molar-refractivity contribution is 6.21. The van der Waals surface area contributed by atoms with Crippen molar-refractivity contribution in [1.29, 1.82) is 0 Å². The number of anilines is 1. The van der Waals surface area contributed by atoms with Crippen molar-refractivity contribution in [2.24, 2.45) is 11.8 Å². The van der Waals surface area contributed by atoms with E-state index in [0.717, 1.165) is 37.7 Å². The van der Waals surface area contributed by atoms with Crippen LogP contribution >= 0.6 is 0 Å². The zero-order chi connectivity index (χ0) is 19.1. The topological polar surface area (TPSA) is 54.5 Å². The number of unbranched alkanes of at least 4 members (excludes halogenated alkanes) is 2. The molecular weight excluding hydrogens is 326 g/mol. The van der Waals surface area contributed by atoms with Crippen molar-refractivity contribution in [3.05, 3.63) is 29.8 Å². The molecule has 142 valence electrons. The van der Waals surface area contributed by atoms with Gasteiger partial charge in [0.25, 0.3) is 0 Å². The molecule has 1 aromatic carbocycles. The number of amides is 2. The van der Waals surface area contributed by atoms with E-state index in [0.29, 0.717) is 24.4 Å². The number of imide groups is 1. The number of benzene rings is 1. The molecule has 4 nitrogen and oxygen atoms in total. The average molecular weight is 357 g/mol. The van der Waals surface area contributed by atoms with Crippen molar-refractivity contribution in [3.8, 4) is 0 Å². The Morgan fingerprint density at radius 3 is 2.35 bits per heavy atom. The van der Waals surface area contributed by atoms with E-state index in [4.69, 9.17) is 0 Å². The molecule has 0 N–H and O–H groups in total. The van der Waals surface area contributed by atoms with Crippen LogP contribution in [-0.4, -0.2) is 17.6 Å². The van der Waals surface area contributed by atoms with Gasteiger partial charge in [0.15, 0.2) is 0 Å². The molecule has 2 atom stereocenters. The molecule has 1 aliphatic heterocycles. The zero-order valence-corrected chi connectivity index (χ0v) is 16.3. The number of rotatable bonds is 10. The van der Waals surface area contributed by atoms with Gasteiger partial charge < -0.3 is 0 Å². The first-order valence-electron chi connectivity index (χ1n) is 9.93. The van der Waals surface area contributed by atoms with Gasteiger partial charge in [-0.25, -0.2) is 0 Å². The number of carbonyl (C=O) groups excluding carboxylic acids is 3. The molecule has 1 saturated heterocycles. The lowest BCUT2D eigenvalue weighted by Gasteiger charge is -2.22. The van der Waals surface area contributed by atoms with Crippen LogP contribution in [0.3, 0.4) is 0 Å². The van der Waals surface area contributed by atoms with Gasteiger partial charge >= 0.3 is 0 Å². The summed E-state index contributed by atoms with van der Waals surface area (Å²) in [4.78, 5) is 38.1. The first-order chi connectivity index (χ1) is 12.5. The van der Waals surface area contributed by atoms with Crippen molar-refractivity contribution in [3.63, 3.8) is 0 Å². The second kappa shape index (κ2) is 9.65. The van der Waals surface area contributed by atoms with E-state index >= 15 is 0 Å². The van der Waals surface area contributed by atoms with E-state index in [9.17, 15) is 14.4 Å². The summed E-state index contributed by atoms with van der Waals surface area (Å²) in [5, 5.41) is 0. The fourth-order valence-electron chi connectivity index (χ4n) is 3.92. The lowest BCUT2D eigenvalue weighted by molar-refractivity contribution is -0.123. The van der Waals surface area contributed by atoms with Gasteiger partial charge in [0.2, 0.25) is 11.8 Å². The lowest BCUT2D eigenvalue weighted by Crippen LogP contribution is -2.32. The minimum atomic E-state index is -0.184. The molecule has 1 heterocycles. The zero-order valence-electron chi connectivity index (χ0n) is 16.3. The Hall–Kier alpha value is -1.97. The van der Waals surface area contributed by atoms with Crippen molar-refractivity contribution in [2.45, 2.75) is 72.1 Å². The van der Waals surface area contributed by atoms with Crippen LogP contribution in [0.1, 0.15) is 71.3 Å². The smallest absolute Gasteiger partial charge is 0.237 e. The molecule has 2 unspecified atom stereocenters. The number of hydrogen-bond acceptors (Lipinski definition) is 3. The van der Waals surface area contributed by atoms with E-state index < -0.39 is 0 Å². The third kappa shape index (κ3) is 5.03. The van der Waals surface area contributed by atoms with E-state index in [-0.39, 0.29) is 23.5 Å². The Morgan fingerprint density at radius 2 is 1.77 bits per heavy atom. The fraction of sp³-hybridized carbons (Fsp3) is 0.591. The maximum atomic E-state index is 13.0. The minimum absolute atomic E-state index is 0.0516. The first kappa shape index (κ1) is 20.3. The molecule has 0 aromatic heterocycles. The highest BCUT2D eigenvalue weighted by Crippen LogP contribution is 2.35. The third-order valence-corrected chi connectivity index (χ3v) is 5.24. The molecule has 0 bridgehead atoms. The van der Waals surface area contributed by atoms with Crippen molar-refractivity contribution >= 4 is 23.3 Å². The second-order valence-corrected chi connectivity index (χ2v) is 7.47. The summed E-state index contributed by atoms with van der Waals surface area (Å²) in [5.74, 6) is 0.0574. The molecule has 1 aliphatic rings. The molecule has 26 heavy (non-hydrogen) atoms. The maximum absolute atomic E-state index is 13.0. The molecule has 1 aromatic rings. The summed E-state index contributed by atoms with van der Waals surface area (Å²) in [7, 11) is 0. The SMILES string of the molecule is CCCCCC(CCC)C1CC(=O)N(c2ccc(CC(C)=O)cc2)C1=O. The van der Waals surface area contributed by atoms with Crippen LogP contribution in [0, 0.1) is 11.8 Å². The Balaban J connectivity index is 2.12. The van der Waals surface area contributed by atoms with E-state index in [2.05, 4.69) is 13.8 Å². The molecule has 0 saturated carbocycles. The minimum Gasteiger partial charge on any atom is -0.300 e. The van der Waals surface area contributed by atoms with E-state index in [1.54, 1.807) is 19.1 Å². The average Bonchev–Trinajstić information content (AvgIpc) is 2.89. The number of carbonyl (C=O) groups is 3. The Kier molecular flexibility index (Phi) is 7.55. The number of nitrogens with zero attached hydrogens (tertiary/aromatic N) is 1. The predicted molar refractivity (Wildman–Crippen MR) is 104 cm³/mol. The van der Waals surface area contributed by atoms with E-state index in [1.165, 1.54) is 11.3 Å². The predicted octanol–water partition coefficient (Wildman–Crippen LogP) is 4.69. The molecule has 2 amide bonds. The fourth-order valence-corrected chi connectivity index (χ4v) is 3.92. The second-order valence-electron chi connectivity index (χ2n) is 7.47. The summed E-state index contributed by atoms with van der Waals surface area (Å²) in [6.45, 7) is 5.87. The Labute approximate surface area is 157 Å². The van der Waals surface area contributed by atoms with Gasteiger partial charge in [0.05, 0.1) is 11.6 Å². The highest BCUT2D eigenvalue weighted by atomic mass is 16.2. The van der Waals surface area contributed by atoms with Crippen LogP contribution in [-0.2, 0) is 20.8 Å². The molecular formula is C22H31NO3. The quantitative estimate of drug-likeness (QED) is 0.451. The molecule has 0 spiro atoms. The normalized spacial score (nSPS) is 18.4. The van der Waals surface area contributed by atoms with Crippen molar-refractivity contribution in [2.75, 3.05) is 4.90 Å². The molecule has 1 fully saturated rings. The summed E-state index contributed by atoms with van der Waals surface area (Å²) < 4.78 is 0. The molecule has 0 radical (unpaired) electrons. The van der Waals surface area contributed by atoms with Crippen LogP contribution in [0.4, 0.5) is 5.69 Å². The number of hydrogen-bond donors (Lipinski definition) is 0. The van der Waals surface area contributed by atoms with Crippen LogP contribution < -0.4 is 4.90 Å². The van der Waals surface area contributed by atoms with Crippen LogP contribution in [0.25, 0.3) is 0 Å². The summed E-state index contributed by atoms with van der Waals surface area (Å²) in [6.07, 6.45) is 7.22. The van der Waals surface area contributed by atoms with Crippen LogP contribution in [0.5, 0.6) is 0 Å². The summed E-state index contributed by atoms with van der Waals surface area (Å²) >= 11 is 0. The summed E-state index contributed by atoms with van der Waals surface area (Å²) in [6, 6.07) is 7.22. The molecule has 0 aliphatic carbocycles. The van der Waals surface area contributed by atoms with Gasteiger partial charge in [-0.05, 0) is 43.4 Å². The van der Waals surface area contributed by atoms with Gasteiger partial charge in [0, 0.05) is 12.8 Å². The van der Waals surface area contributed by atoms with Gasteiger partial charge in [-0.2, -0.15) is 0 Å². The summed E-state index contributed by atoms with van der Waals surface area (Å²) in [5.41, 5.74) is 1.53. The first-order valence-corrected chi connectivity index (χ1v) is 9.93. The molecule has 4 heteroatoms.